The molecule has 0 fully saturated rings. The van der Waals surface area contributed by atoms with Crippen molar-refractivity contribution in [3.63, 3.8) is 0 Å². The van der Waals surface area contributed by atoms with Gasteiger partial charge in [0.2, 0.25) is 5.91 Å². The first-order chi connectivity index (χ1) is 9.04. The van der Waals surface area contributed by atoms with Crippen LogP contribution in [0.1, 0.15) is 5.56 Å². The fourth-order valence-electron chi connectivity index (χ4n) is 1.64. The number of carbonyl (C=O) groups excluding carboxylic acids is 1. The minimum absolute atomic E-state index is 0.0242. The third-order valence-electron chi connectivity index (χ3n) is 2.49. The number of carbonyl (C=O) groups is 1. The van der Waals surface area contributed by atoms with E-state index in [0.29, 0.717) is 15.7 Å². The standard InChI is InChI=1S/C14H11Cl2NO2/c15-10-3-1-2-9(6-10)7-14(19)17-12-8-11(16)4-5-13(12)18/h1-6,8,18H,7H2,(H,17,19). The van der Waals surface area contributed by atoms with Crippen LogP contribution in [0.5, 0.6) is 5.75 Å². The highest BCUT2D eigenvalue weighted by Gasteiger charge is 2.08. The molecule has 98 valence electrons. The molecule has 0 aliphatic carbocycles. The molecule has 0 atom stereocenters. The van der Waals surface area contributed by atoms with Crippen LogP contribution in [0.4, 0.5) is 5.69 Å². The molecule has 0 aliphatic rings. The Morgan fingerprint density at radius 1 is 1.11 bits per heavy atom. The summed E-state index contributed by atoms with van der Waals surface area (Å²) in [6, 6.07) is 11.5. The second kappa shape index (κ2) is 5.95. The van der Waals surface area contributed by atoms with Gasteiger partial charge in [0.1, 0.15) is 5.75 Å². The smallest absolute Gasteiger partial charge is 0.228 e. The van der Waals surface area contributed by atoms with Crippen LogP contribution in [-0.4, -0.2) is 11.0 Å². The predicted molar refractivity (Wildman–Crippen MR) is 76.9 cm³/mol. The Kier molecular flexibility index (Phi) is 4.30. The molecule has 2 aromatic rings. The predicted octanol–water partition coefficient (Wildman–Crippen LogP) is 3.88. The number of anilines is 1. The summed E-state index contributed by atoms with van der Waals surface area (Å²) in [5.41, 5.74) is 1.09. The van der Waals surface area contributed by atoms with Crippen molar-refractivity contribution < 1.29 is 9.90 Å². The SMILES string of the molecule is O=C(Cc1cccc(Cl)c1)Nc1cc(Cl)ccc1O. The summed E-state index contributed by atoms with van der Waals surface area (Å²) in [7, 11) is 0. The molecule has 1 amide bonds. The quantitative estimate of drug-likeness (QED) is 0.844. The van der Waals surface area contributed by atoms with Crippen molar-refractivity contribution in [1.82, 2.24) is 0 Å². The van der Waals surface area contributed by atoms with Crippen LogP contribution in [0.2, 0.25) is 10.0 Å². The Morgan fingerprint density at radius 3 is 2.58 bits per heavy atom. The first-order valence-electron chi connectivity index (χ1n) is 5.57. The topological polar surface area (TPSA) is 49.3 Å². The van der Waals surface area contributed by atoms with Crippen LogP contribution < -0.4 is 5.32 Å². The maximum atomic E-state index is 11.8. The van der Waals surface area contributed by atoms with Crippen LogP contribution in [0.15, 0.2) is 42.5 Å². The number of phenolic OH excluding ortho intramolecular Hbond substituents is 1. The largest absolute Gasteiger partial charge is 0.506 e. The van der Waals surface area contributed by atoms with Gasteiger partial charge >= 0.3 is 0 Å². The fraction of sp³-hybridized carbons (Fsp3) is 0.0714. The Labute approximate surface area is 120 Å². The maximum absolute atomic E-state index is 11.8. The molecule has 0 heterocycles. The summed E-state index contributed by atoms with van der Waals surface area (Å²) in [5, 5.41) is 13.2. The Bertz CT molecular complexity index is 614. The number of benzene rings is 2. The summed E-state index contributed by atoms with van der Waals surface area (Å²) in [4.78, 5) is 11.8. The number of nitrogens with one attached hydrogen (secondary N) is 1. The number of hydrogen-bond acceptors (Lipinski definition) is 2. The molecule has 2 N–H and O–H groups in total. The van der Waals surface area contributed by atoms with E-state index in [1.807, 2.05) is 6.07 Å². The maximum Gasteiger partial charge on any atom is 0.228 e. The summed E-state index contributed by atoms with van der Waals surface area (Å²) >= 11 is 11.6. The molecule has 0 unspecified atom stereocenters. The minimum atomic E-state index is -0.250. The summed E-state index contributed by atoms with van der Waals surface area (Å²) < 4.78 is 0. The normalized spacial score (nSPS) is 10.2. The highest BCUT2D eigenvalue weighted by molar-refractivity contribution is 6.31. The highest BCUT2D eigenvalue weighted by atomic mass is 35.5. The van der Waals surface area contributed by atoms with E-state index in [1.54, 1.807) is 24.3 Å². The van der Waals surface area contributed by atoms with Gasteiger partial charge in [-0.05, 0) is 35.9 Å². The zero-order valence-electron chi connectivity index (χ0n) is 9.86. The van der Waals surface area contributed by atoms with E-state index in [2.05, 4.69) is 5.32 Å². The lowest BCUT2D eigenvalue weighted by atomic mass is 10.1. The molecule has 3 nitrogen and oxygen atoms in total. The molecule has 0 saturated heterocycles. The molecular weight excluding hydrogens is 285 g/mol. The second-order valence-electron chi connectivity index (χ2n) is 4.02. The fourth-order valence-corrected chi connectivity index (χ4v) is 2.02. The molecular formula is C14H11Cl2NO2. The molecule has 0 saturated carbocycles. The minimum Gasteiger partial charge on any atom is -0.506 e. The van der Waals surface area contributed by atoms with Crippen molar-refractivity contribution >= 4 is 34.8 Å². The molecule has 2 aromatic carbocycles. The van der Waals surface area contributed by atoms with Crippen LogP contribution in [0.25, 0.3) is 0 Å². The van der Waals surface area contributed by atoms with E-state index in [4.69, 9.17) is 23.2 Å². The van der Waals surface area contributed by atoms with Crippen molar-refractivity contribution in [3.8, 4) is 5.75 Å². The molecule has 0 spiro atoms. The highest BCUT2D eigenvalue weighted by Crippen LogP contribution is 2.26. The van der Waals surface area contributed by atoms with E-state index in [1.165, 1.54) is 12.1 Å². The van der Waals surface area contributed by atoms with Gasteiger partial charge in [-0.3, -0.25) is 4.79 Å². The third-order valence-corrected chi connectivity index (χ3v) is 2.96. The van der Waals surface area contributed by atoms with Gasteiger partial charge in [0.15, 0.2) is 0 Å². The first-order valence-corrected chi connectivity index (χ1v) is 6.33. The van der Waals surface area contributed by atoms with Crippen molar-refractivity contribution in [2.75, 3.05) is 5.32 Å². The van der Waals surface area contributed by atoms with E-state index in [-0.39, 0.29) is 18.1 Å². The zero-order chi connectivity index (χ0) is 13.8. The van der Waals surface area contributed by atoms with Gasteiger partial charge in [-0.2, -0.15) is 0 Å². The lowest BCUT2D eigenvalue weighted by Gasteiger charge is -2.08. The molecule has 0 aliphatic heterocycles. The lowest BCUT2D eigenvalue weighted by molar-refractivity contribution is -0.115. The number of rotatable bonds is 3. The van der Waals surface area contributed by atoms with E-state index >= 15 is 0 Å². The number of aromatic hydroxyl groups is 1. The van der Waals surface area contributed by atoms with Crippen LogP contribution in [0, 0.1) is 0 Å². The first kappa shape index (κ1) is 13.7. The van der Waals surface area contributed by atoms with Crippen molar-refractivity contribution in [2.45, 2.75) is 6.42 Å². The second-order valence-corrected chi connectivity index (χ2v) is 4.89. The Morgan fingerprint density at radius 2 is 1.84 bits per heavy atom. The Balaban J connectivity index is 2.07. The Hall–Kier alpha value is -1.71. The van der Waals surface area contributed by atoms with Gasteiger partial charge in [-0.25, -0.2) is 0 Å². The molecule has 0 aromatic heterocycles. The van der Waals surface area contributed by atoms with Crippen molar-refractivity contribution in [3.05, 3.63) is 58.1 Å². The van der Waals surface area contributed by atoms with Gasteiger partial charge in [0, 0.05) is 10.0 Å². The van der Waals surface area contributed by atoms with Gasteiger partial charge < -0.3 is 10.4 Å². The lowest BCUT2D eigenvalue weighted by Crippen LogP contribution is -2.14. The summed E-state index contributed by atoms with van der Waals surface area (Å²) in [6.07, 6.45) is 0.173. The van der Waals surface area contributed by atoms with Gasteiger partial charge in [-0.1, -0.05) is 35.3 Å². The number of halogens is 2. The van der Waals surface area contributed by atoms with Gasteiger partial charge in [0.25, 0.3) is 0 Å². The van der Waals surface area contributed by atoms with Crippen LogP contribution in [-0.2, 0) is 11.2 Å². The number of amides is 1. The molecule has 0 bridgehead atoms. The van der Waals surface area contributed by atoms with Crippen molar-refractivity contribution in [1.29, 1.82) is 0 Å². The number of hydrogen-bond donors (Lipinski definition) is 2. The molecule has 0 radical (unpaired) electrons. The average Bonchev–Trinajstić information content (AvgIpc) is 2.34. The average molecular weight is 296 g/mol. The molecule has 2 rings (SSSR count). The van der Waals surface area contributed by atoms with Gasteiger partial charge in [-0.15, -0.1) is 0 Å². The van der Waals surface area contributed by atoms with Crippen molar-refractivity contribution in [2.24, 2.45) is 0 Å². The van der Waals surface area contributed by atoms with E-state index < -0.39 is 0 Å². The van der Waals surface area contributed by atoms with E-state index in [0.717, 1.165) is 5.56 Å². The van der Waals surface area contributed by atoms with Gasteiger partial charge in [0.05, 0.1) is 12.1 Å². The number of phenols is 1. The van der Waals surface area contributed by atoms with Crippen LogP contribution in [0.3, 0.4) is 0 Å². The zero-order valence-corrected chi connectivity index (χ0v) is 11.4. The van der Waals surface area contributed by atoms with Crippen LogP contribution >= 0.6 is 23.2 Å². The summed E-state index contributed by atoms with van der Waals surface area (Å²) in [6.45, 7) is 0. The monoisotopic (exact) mass is 295 g/mol. The molecule has 19 heavy (non-hydrogen) atoms. The molecule has 5 heteroatoms. The third kappa shape index (κ3) is 3.88. The summed E-state index contributed by atoms with van der Waals surface area (Å²) in [5.74, 6) is -0.274. The van der Waals surface area contributed by atoms with E-state index in [9.17, 15) is 9.90 Å².